The molecular formula is C13H14ClN3O. The van der Waals surface area contributed by atoms with E-state index in [9.17, 15) is 0 Å². The van der Waals surface area contributed by atoms with Gasteiger partial charge < -0.3 is 10.3 Å². The normalized spacial score (nSPS) is 20.9. The van der Waals surface area contributed by atoms with Crippen LogP contribution in [0.3, 0.4) is 0 Å². The summed E-state index contributed by atoms with van der Waals surface area (Å²) in [5.74, 6) is 1.52. The van der Waals surface area contributed by atoms with Crippen LogP contribution in [0.1, 0.15) is 32.0 Å². The van der Waals surface area contributed by atoms with Crippen LogP contribution >= 0.6 is 11.6 Å². The summed E-state index contributed by atoms with van der Waals surface area (Å²) in [6.45, 7) is 4.38. The fourth-order valence-electron chi connectivity index (χ4n) is 2.15. The third-order valence-corrected chi connectivity index (χ3v) is 3.84. The van der Waals surface area contributed by atoms with Gasteiger partial charge in [0.05, 0.1) is 10.6 Å². The van der Waals surface area contributed by atoms with Gasteiger partial charge >= 0.3 is 0 Å². The Bertz CT molecular complexity index is 586. The SMILES string of the molecule is CC1(C)CC1c1noc(-c2c(N)cccc2Cl)n1. The average molecular weight is 264 g/mol. The standard InChI is InChI=1S/C13H14ClN3O/c1-13(2)6-7(13)11-16-12(18-17-11)10-8(14)4-3-5-9(10)15/h3-5,7H,6,15H2,1-2H3. The molecule has 0 saturated heterocycles. The second kappa shape index (κ2) is 3.72. The molecule has 1 fully saturated rings. The van der Waals surface area contributed by atoms with E-state index in [2.05, 4.69) is 24.0 Å². The molecule has 0 radical (unpaired) electrons. The number of anilines is 1. The predicted molar refractivity (Wildman–Crippen MR) is 70.3 cm³/mol. The molecular weight excluding hydrogens is 250 g/mol. The molecule has 18 heavy (non-hydrogen) atoms. The lowest BCUT2D eigenvalue weighted by Crippen LogP contribution is -1.93. The van der Waals surface area contributed by atoms with Gasteiger partial charge in [0.1, 0.15) is 0 Å². The van der Waals surface area contributed by atoms with E-state index in [-0.39, 0.29) is 5.41 Å². The van der Waals surface area contributed by atoms with E-state index < -0.39 is 0 Å². The number of hydrogen-bond donors (Lipinski definition) is 1. The molecule has 0 bridgehead atoms. The summed E-state index contributed by atoms with van der Waals surface area (Å²) in [6.07, 6.45) is 1.09. The Labute approximate surface area is 110 Å². The zero-order valence-corrected chi connectivity index (χ0v) is 11.0. The van der Waals surface area contributed by atoms with Gasteiger partial charge in [0, 0.05) is 11.6 Å². The Hall–Kier alpha value is -1.55. The fourth-order valence-corrected chi connectivity index (χ4v) is 2.42. The van der Waals surface area contributed by atoms with E-state index >= 15 is 0 Å². The molecule has 1 aromatic heterocycles. The van der Waals surface area contributed by atoms with Crippen molar-refractivity contribution in [3.63, 3.8) is 0 Å². The highest BCUT2D eigenvalue weighted by Gasteiger charge is 2.49. The highest BCUT2D eigenvalue weighted by atomic mass is 35.5. The first-order chi connectivity index (χ1) is 8.49. The third-order valence-electron chi connectivity index (χ3n) is 3.53. The maximum absolute atomic E-state index is 6.12. The van der Waals surface area contributed by atoms with Crippen molar-refractivity contribution in [3.8, 4) is 11.5 Å². The number of nitrogens with zero attached hydrogens (tertiary/aromatic N) is 2. The number of halogens is 1. The molecule has 1 aromatic carbocycles. The first kappa shape index (κ1) is 11.5. The molecule has 2 aromatic rings. The van der Waals surface area contributed by atoms with Gasteiger partial charge in [0.2, 0.25) is 0 Å². The summed E-state index contributed by atoms with van der Waals surface area (Å²) in [6, 6.07) is 5.33. The van der Waals surface area contributed by atoms with Crippen LogP contribution in [0.2, 0.25) is 5.02 Å². The van der Waals surface area contributed by atoms with Gasteiger partial charge in [-0.2, -0.15) is 4.98 Å². The molecule has 2 N–H and O–H groups in total. The number of rotatable bonds is 2. The van der Waals surface area contributed by atoms with Gasteiger partial charge in [-0.15, -0.1) is 0 Å². The van der Waals surface area contributed by atoms with Crippen LogP contribution in [0.5, 0.6) is 0 Å². The maximum atomic E-state index is 6.12. The van der Waals surface area contributed by atoms with E-state index in [1.807, 2.05) is 0 Å². The van der Waals surface area contributed by atoms with Gasteiger partial charge in [0.15, 0.2) is 5.82 Å². The van der Waals surface area contributed by atoms with Crippen molar-refractivity contribution in [2.24, 2.45) is 5.41 Å². The van der Waals surface area contributed by atoms with Crippen molar-refractivity contribution in [1.29, 1.82) is 0 Å². The lowest BCUT2D eigenvalue weighted by atomic mass is 10.1. The van der Waals surface area contributed by atoms with Crippen LogP contribution in [-0.4, -0.2) is 10.1 Å². The Morgan fingerprint density at radius 1 is 1.44 bits per heavy atom. The second-order valence-electron chi connectivity index (χ2n) is 5.41. The van der Waals surface area contributed by atoms with Crippen molar-refractivity contribution in [3.05, 3.63) is 29.0 Å². The Balaban J connectivity index is 1.99. The lowest BCUT2D eigenvalue weighted by Gasteiger charge is -2.01. The van der Waals surface area contributed by atoms with E-state index in [1.54, 1.807) is 18.2 Å². The van der Waals surface area contributed by atoms with Crippen LogP contribution in [0, 0.1) is 5.41 Å². The minimum absolute atomic E-state index is 0.271. The molecule has 1 heterocycles. The summed E-state index contributed by atoms with van der Waals surface area (Å²) >= 11 is 6.12. The van der Waals surface area contributed by atoms with Gasteiger partial charge in [0.25, 0.3) is 5.89 Å². The number of nitrogen functional groups attached to an aromatic ring is 1. The zero-order chi connectivity index (χ0) is 12.9. The molecule has 1 atom stereocenters. The predicted octanol–water partition coefficient (Wildman–Crippen LogP) is 3.49. The molecule has 1 unspecified atom stereocenters. The van der Waals surface area contributed by atoms with E-state index in [4.69, 9.17) is 21.9 Å². The van der Waals surface area contributed by atoms with Gasteiger partial charge in [-0.3, -0.25) is 0 Å². The number of benzene rings is 1. The van der Waals surface area contributed by atoms with Crippen molar-refractivity contribution < 1.29 is 4.52 Å². The Morgan fingerprint density at radius 2 is 2.17 bits per heavy atom. The topological polar surface area (TPSA) is 64.9 Å². The summed E-state index contributed by atoms with van der Waals surface area (Å²) < 4.78 is 5.28. The van der Waals surface area contributed by atoms with Gasteiger partial charge in [-0.05, 0) is 24.0 Å². The van der Waals surface area contributed by atoms with Crippen LogP contribution in [0.4, 0.5) is 5.69 Å². The molecule has 0 spiro atoms. The molecule has 5 heteroatoms. The van der Waals surface area contributed by atoms with Crippen molar-refractivity contribution in [2.75, 3.05) is 5.73 Å². The molecule has 4 nitrogen and oxygen atoms in total. The van der Waals surface area contributed by atoms with Gasteiger partial charge in [-0.25, -0.2) is 0 Å². The van der Waals surface area contributed by atoms with Crippen LogP contribution in [0.25, 0.3) is 11.5 Å². The summed E-state index contributed by atoms with van der Waals surface area (Å²) in [5, 5.41) is 4.56. The molecule has 1 saturated carbocycles. The van der Waals surface area contributed by atoms with Gasteiger partial charge in [-0.1, -0.05) is 36.7 Å². The molecule has 94 valence electrons. The van der Waals surface area contributed by atoms with Crippen LogP contribution in [-0.2, 0) is 0 Å². The molecule has 1 aliphatic rings. The van der Waals surface area contributed by atoms with Crippen LogP contribution in [0.15, 0.2) is 22.7 Å². The maximum Gasteiger partial charge on any atom is 0.261 e. The number of aromatic nitrogens is 2. The molecule has 3 rings (SSSR count). The number of nitrogens with two attached hydrogens (primary N) is 1. The molecule has 0 aliphatic heterocycles. The quantitative estimate of drug-likeness (QED) is 0.843. The minimum Gasteiger partial charge on any atom is -0.398 e. The largest absolute Gasteiger partial charge is 0.398 e. The lowest BCUT2D eigenvalue weighted by molar-refractivity contribution is 0.419. The highest BCUT2D eigenvalue weighted by Crippen LogP contribution is 2.57. The van der Waals surface area contributed by atoms with Crippen LogP contribution < -0.4 is 5.73 Å². The first-order valence-corrected chi connectivity index (χ1v) is 6.25. The third kappa shape index (κ3) is 1.77. The minimum atomic E-state index is 0.271. The summed E-state index contributed by atoms with van der Waals surface area (Å²) in [5.41, 5.74) is 7.34. The monoisotopic (exact) mass is 263 g/mol. The van der Waals surface area contributed by atoms with Crippen molar-refractivity contribution in [2.45, 2.75) is 26.2 Å². The van der Waals surface area contributed by atoms with E-state index in [0.717, 1.165) is 12.2 Å². The number of hydrogen-bond acceptors (Lipinski definition) is 4. The van der Waals surface area contributed by atoms with Crippen molar-refractivity contribution >= 4 is 17.3 Å². The second-order valence-corrected chi connectivity index (χ2v) is 5.81. The molecule has 1 aliphatic carbocycles. The fraction of sp³-hybridized carbons (Fsp3) is 0.385. The average Bonchev–Trinajstić information content (AvgIpc) is 2.74. The Morgan fingerprint density at radius 3 is 2.78 bits per heavy atom. The smallest absolute Gasteiger partial charge is 0.261 e. The Kier molecular flexibility index (Phi) is 2.38. The summed E-state index contributed by atoms with van der Waals surface area (Å²) in [7, 11) is 0. The zero-order valence-electron chi connectivity index (χ0n) is 10.3. The van der Waals surface area contributed by atoms with E-state index in [1.165, 1.54) is 0 Å². The highest BCUT2D eigenvalue weighted by molar-refractivity contribution is 6.33. The first-order valence-electron chi connectivity index (χ1n) is 5.87. The molecule has 0 amide bonds. The van der Waals surface area contributed by atoms with E-state index in [0.29, 0.717) is 28.1 Å². The summed E-state index contributed by atoms with van der Waals surface area (Å²) in [4.78, 5) is 4.42. The van der Waals surface area contributed by atoms with Crippen molar-refractivity contribution in [1.82, 2.24) is 10.1 Å².